The van der Waals surface area contributed by atoms with Gasteiger partial charge in [-0.05, 0) is 29.7 Å². The first-order valence-electron chi connectivity index (χ1n) is 4.28. The molecule has 2 rings (SSSR count). The van der Waals surface area contributed by atoms with E-state index in [9.17, 15) is 0 Å². The summed E-state index contributed by atoms with van der Waals surface area (Å²) in [5.74, 6) is 0. The molecule has 72 valence electrons. The summed E-state index contributed by atoms with van der Waals surface area (Å²) in [6, 6.07) is 6.49. The van der Waals surface area contributed by atoms with Crippen molar-refractivity contribution in [2.75, 3.05) is 6.54 Å². The molecule has 13 heavy (non-hydrogen) atoms. The first kappa shape index (κ1) is 10.5. The van der Waals surface area contributed by atoms with Crippen molar-refractivity contribution in [3.05, 3.63) is 34.9 Å². The van der Waals surface area contributed by atoms with E-state index in [2.05, 4.69) is 18.2 Å². The third kappa shape index (κ3) is 2.21. The Hall–Kier alpha value is -0.570. The van der Waals surface area contributed by atoms with Gasteiger partial charge in [0.2, 0.25) is 0 Å². The smallest absolute Gasteiger partial charge is 0.0725 e. The molecule has 0 radical (unpaired) electrons. The summed E-state index contributed by atoms with van der Waals surface area (Å²) < 4.78 is 5.32. The molecule has 0 aromatic heterocycles. The molecule has 0 spiro atoms. The van der Waals surface area contributed by atoms with Gasteiger partial charge in [-0.25, -0.2) is 0 Å². The largest absolute Gasteiger partial charge is 0.372 e. The van der Waals surface area contributed by atoms with Crippen LogP contribution in [0.25, 0.3) is 0 Å². The van der Waals surface area contributed by atoms with Gasteiger partial charge in [0.25, 0.3) is 0 Å². The van der Waals surface area contributed by atoms with Gasteiger partial charge in [-0.15, -0.1) is 12.4 Å². The summed E-state index contributed by atoms with van der Waals surface area (Å²) in [5.41, 5.74) is 9.46. The molecule has 1 aliphatic rings. The van der Waals surface area contributed by atoms with Crippen LogP contribution in [0, 0.1) is 0 Å². The predicted molar refractivity (Wildman–Crippen MR) is 54.9 cm³/mol. The summed E-state index contributed by atoms with van der Waals surface area (Å²) in [6.07, 6.45) is 0.966. The van der Waals surface area contributed by atoms with Crippen LogP contribution in [0.5, 0.6) is 0 Å². The number of nitrogens with two attached hydrogens (primary N) is 1. The Kier molecular flexibility index (Phi) is 3.72. The summed E-state index contributed by atoms with van der Waals surface area (Å²) in [4.78, 5) is 0. The van der Waals surface area contributed by atoms with E-state index in [1.54, 1.807) is 0 Å². The predicted octanol–water partition coefficient (Wildman–Crippen LogP) is 1.64. The molecule has 0 unspecified atom stereocenters. The van der Waals surface area contributed by atoms with Gasteiger partial charge in [0.15, 0.2) is 0 Å². The molecule has 2 nitrogen and oxygen atoms in total. The van der Waals surface area contributed by atoms with Crippen molar-refractivity contribution in [1.29, 1.82) is 0 Å². The number of benzene rings is 1. The molecule has 0 amide bonds. The van der Waals surface area contributed by atoms with E-state index in [0.29, 0.717) is 0 Å². The van der Waals surface area contributed by atoms with E-state index in [4.69, 9.17) is 10.5 Å². The molecular weight excluding hydrogens is 186 g/mol. The maximum Gasteiger partial charge on any atom is 0.0725 e. The lowest BCUT2D eigenvalue weighted by atomic mass is 10.0. The number of fused-ring (bicyclic) bond motifs is 1. The number of rotatable bonds is 2. The quantitative estimate of drug-likeness (QED) is 0.786. The number of halogens is 1. The van der Waals surface area contributed by atoms with Crippen LogP contribution in [-0.2, 0) is 24.4 Å². The van der Waals surface area contributed by atoms with Gasteiger partial charge in [0.05, 0.1) is 13.2 Å². The maximum atomic E-state index is 5.47. The Morgan fingerprint density at radius 3 is 2.77 bits per heavy atom. The van der Waals surface area contributed by atoms with Crippen LogP contribution in [0.4, 0.5) is 0 Å². The lowest BCUT2D eigenvalue weighted by Crippen LogP contribution is -2.02. The van der Waals surface area contributed by atoms with Crippen LogP contribution in [0.15, 0.2) is 18.2 Å². The highest BCUT2D eigenvalue weighted by atomic mass is 35.5. The van der Waals surface area contributed by atoms with Gasteiger partial charge >= 0.3 is 0 Å². The molecule has 3 heteroatoms. The second kappa shape index (κ2) is 4.61. The zero-order chi connectivity index (χ0) is 8.39. The summed E-state index contributed by atoms with van der Waals surface area (Å²) in [5, 5.41) is 0. The van der Waals surface area contributed by atoms with E-state index in [0.717, 1.165) is 26.2 Å². The third-order valence-corrected chi connectivity index (χ3v) is 2.22. The summed E-state index contributed by atoms with van der Waals surface area (Å²) in [6.45, 7) is 2.27. The van der Waals surface area contributed by atoms with E-state index < -0.39 is 0 Å². The van der Waals surface area contributed by atoms with Gasteiger partial charge in [-0.1, -0.05) is 18.2 Å². The lowest BCUT2D eigenvalue weighted by Gasteiger charge is -2.01. The van der Waals surface area contributed by atoms with Crippen molar-refractivity contribution in [1.82, 2.24) is 0 Å². The number of hydrogen-bond donors (Lipinski definition) is 1. The van der Waals surface area contributed by atoms with Gasteiger partial charge in [-0.3, -0.25) is 0 Å². The second-order valence-electron chi connectivity index (χ2n) is 3.13. The van der Waals surface area contributed by atoms with Crippen LogP contribution >= 0.6 is 12.4 Å². The first-order chi connectivity index (χ1) is 5.90. The molecule has 0 atom stereocenters. The van der Waals surface area contributed by atoms with E-state index >= 15 is 0 Å². The zero-order valence-electron chi connectivity index (χ0n) is 7.45. The highest BCUT2D eigenvalue weighted by molar-refractivity contribution is 5.85. The summed E-state index contributed by atoms with van der Waals surface area (Å²) in [7, 11) is 0. The van der Waals surface area contributed by atoms with E-state index in [1.165, 1.54) is 16.7 Å². The SMILES string of the molecule is Cl.NCCc1ccc2c(c1)COC2. The average Bonchev–Trinajstić information content (AvgIpc) is 2.51. The van der Waals surface area contributed by atoms with Crippen molar-refractivity contribution >= 4 is 12.4 Å². The van der Waals surface area contributed by atoms with Crippen LogP contribution in [0.2, 0.25) is 0 Å². The molecule has 1 heterocycles. The highest BCUT2D eigenvalue weighted by Gasteiger charge is 2.10. The Balaban J connectivity index is 0.000000845. The Bertz CT molecular complexity index is 288. The number of ether oxygens (including phenoxy) is 1. The first-order valence-corrected chi connectivity index (χ1v) is 4.28. The molecule has 0 fully saturated rings. The molecular formula is C10H14ClNO. The second-order valence-corrected chi connectivity index (χ2v) is 3.13. The van der Waals surface area contributed by atoms with Gasteiger partial charge < -0.3 is 10.5 Å². The summed E-state index contributed by atoms with van der Waals surface area (Å²) >= 11 is 0. The van der Waals surface area contributed by atoms with Gasteiger partial charge in [-0.2, -0.15) is 0 Å². The molecule has 1 aromatic carbocycles. The standard InChI is InChI=1S/C10H13NO.ClH/c11-4-3-8-1-2-9-6-12-7-10(9)5-8;/h1-2,5H,3-4,6-7,11H2;1H. The van der Waals surface area contributed by atoms with Crippen LogP contribution < -0.4 is 5.73 Å². The topological polar surface area (TPSA) is 35.2 Å². The molecule has 1 aromatic rings. The fraction of sp³-hybridized carbons (Fsp3) is 0.400. The molecule has 0 aliphatic carbocycles. The normalized spacial score (nSPS) is 13.6. The molecule has 1 aliphatic heterocycles. The fourth-order valence-corrected chi connectivity index (χ4v) is 1.55. The maximum absolute atomic E-state index is 5.47. The third-order valence-electron chi connectivity index (χ3n) is 2.22. The molecule has 0 bridgehead atoms. The van der Waals surface area contributed by atoms with Crippen molar-refractivity contribution in [2.24, 2.45) is 5.73 Å². The molecule has 0 saturated heterocycles. The minimum atomic E-state index is 0. The Morgan fingerprint density at radius 2 is 2.00 bits per heavy atom. The van der Waals surface area contributed by atoms with Crippen molar-refractivity contribution in [3.8, 4) is 0 Å². The van der Waals surface area contributed by atoms with E-state index in [1.807, 2.05) is 0 Å². The fourth-order valence-electron chi connectivity index (χ4n) is 1.55. The lowest BCUT2D eigenvalue weighted by molar-refractivity contribution is 0.134. The van der Waals surface area contributed by atoms with Crippen LogP contribution in [-0.4, -0.2) is 6.54 Å². The van der Waals surface area contributed by atoms with Crippen LogP contribution in [0.3, 0.4) is 0 Å². The number of hydrogen-bond acceptors (Lipinski definition) is 2. The molecule has 0 saturated carbocycles. The average molecular weight is 200 g/mol. The Morgan fingerprint density at radius 1 is 1.23 bits per heavy atom. The van der Waals surface area contributed by atoms with Gasteiger partial charge in [0, 0.05) is 0 Å². The van der Waals surface area contributed by atoms with Crippen LogP contribution in [0.1, 0.15) is 16.7 Å². The minimum Gasteiger partial charge on any atom is -0.372 e. The van der Waals surface area contributed by atoms with Gasteiger partial charge in [0.1, 0.15) is 0 Å². The molecule has 2 N–H and O–H groups in total. The van der Waals surface area contributed by atoms with Crippen molar-refractivity contribution in [3.63, 3.8) is 0 Å². The van der Waals surface area contributed by atoms with E-state index in [-0.39, 0.29) is 12.4 Å². The minimum absolute atomic E-state index is 0. The van der Waals surface area contributed by atoms with Crippen molar-refractivity contribution < 1.29 is 4.74 Å². The highest BCUT2D eigenvalue weighted by Crippen LogP contribution is 2.20. The zero-order valence-corrected chi connectivity index (χ0v) is 8.27. The van der Waals surface area contributed by atoms with Crippen molar-refractivity contribution in [2.45, 2.75) is 19.6 Å². The monoisotopic (exact) mass is 199 g/mol. The Labute approximate surface area is 84.5 Å².